The van der Waals surface area contributed by atoms with Gasteiger partial charge >= 0.3 is 0 Å². The molecule has 2 aromatic carbocycles. The van der Waals surface area contributed by atoms with E-state index in [0.717, 1.165) is 30.8 Å². The SMILES string of the molecule is C=C(CCC(C)COc1ccccc1/C=C/C)c1ccc(C(C)(C)C)cc1. The molecule has 0 N–H and O–H groups in total. The summed E-state index contributed by atoms with van der Waals surface area (Å²) >= 11 is 0. The third kappa shape index (κ3) is 6.43. The van der Waals surface area contributed by atoms with Crippen LogP contribution >= 0.6 is 0 Å². The van der Waals surface area contributed by atoms with E-state index in [0.29, 0.717) is 5.92 Å². The fourth-order valence-corrected chi connectivity index (χ4v) is 3.02. The molecule has 27 heavy (non-hydrogen) atoms. The zero-order valence-corrected chi connectivity index (χ0v) is 17.6. The number of rotatable bonds is 8. The van der Waals surface area contributed by atoms with Crippen LogP contribution in [-0.2, 0) is 5.41 Å². The number of hydrogen-bond acceptors (Lipinski definition) is 1. The first-order valence-corrected chi connectivity index (χ1v) is 9.94. The van der Waals surface area contributed by atoms with Crippen molar-refractivity contribution in [1.82, 2.24) is 0 Å². The Balaban J connectivity index is 1.85. The maximum Gasteiger partial charge on any atom is 0.126 e. The first-order valence-electron chi connectivity index (χ1n) is 9.94. The molecule has 0 aliphatic rings. The fourth-order valence-electron chi connectivity index (χ4n) is 3.02. The van der Waals surface area contributed by atoms with Crippen molar-refractivity contribution >= 4 is 11.6 Å². The van der Waals surface area contributed by atoms with Gasteiger partial charge < -0.3 is 4.74 Å². The summed E-state index contributed by atoms with van der Waals surface area (Å²) in [6.45, 7) is 16.0. The zero-order chi connectivity index (χ0) is 19.9. The lowest BCUT2D eigenvalue weighted by atomic mass is 9.86. The van der Waals surface area contributed by atoms with Gasteiger partial charge in [0.05, 0.1) is 6.61 Å². The van der Waals surface area contributed by atoms with Gasteiger partial charge in [-0.05, 0) is 53.9 Å². The molecule has 0 fully saturated rings. The first kappa shape index (κ1) is 21.0. The second-order valence-corrected chi connectivity index (χ2v) is 8.42. The van der Waals surface area contributed by atoms with Gasteiger partial charge in [-0.15, -0.1) is 0 Å². The number of para-hydroxylation sites is 1. The molecule has 0 aliphatic carbocycles. The topological polar surface area (TPSA) is 9.23 Å². The molecule has 1 atom stereocenters. The van der Waals surface area contributed by atoms with Crippen LogP contribution in [0.15, 0.2) is 61.2 Å². The second kappa shape index (κ2) is 9.60. The van der Waals surface area contributed by atoms with Crippen LogP contribution in [0, 0.1) is 5.92 Å². The molecule has 1 nitrogen and oxygen atoms in total. The number of allylic oxidation sites excluding steroid dienone is 2. The largest absolute Gasteiger partial charge is 0.493 e. The van der Waals surface area contributed by atoms with Crippen LogP contribution in [-0.4, -0.2) is 6.61 Å². The predicted octanol–water partition coefficient (Wildman–Crippen LogP) is 7.53. The highest BCUT2D eigenvalue weighted by atomic mass is 16.5. The van der Waals surface area contributed by atoms with Crippen LogP contribution in [0.2, 0.25) is 0 Å². The van der Waals surface area contributed by atoms with Crippen molar-refractivity contribution in [3.8, 4) is 5.75 Å². The molecule has 0 saturated heterocycles. The zero-order valence-electron chi connectivity index (χ0n) is 17.6. The van der Waals surface area contributed by atoms with Crippen molar-refractivity contribution in [3.05, 3.63) is 77.9 Å². The van der Waals surface area contributed by atoms with E-state index < -0.39 is 0 Å². The molecule has 0 bridgehead atoms. The van der Waals surface area contributed by atoms with Crippen LogP contribution in [0.1, 0.15) is 64.2 Å². The predicted molar refractivity (Wildman–Crippen MR) is 119 cm³/mol. The standard InChI is InChI=1S/C26H34O/c1-7-10-23-11-8-9-12-25(23)27-19-20(2)13-14-21(3)22-15-17-24(18-16-22)26(4,5)6/h7-12,15-18,20H,3,13-14,19H2,1-2,4-6H3/b10-7+. The highest BCUT2D eigenvalue weighted by Gasteiger charge is 2.13. The maximum absolute atomic E-state index is 6.06. The summed E-state index contributed by atoms with van der Waals surface area (Å²) in [5.74, 6) is 1.44. The summed E-state index contributed by atoms with van der Waals surface area (Å²) < 4.78 is 6.06. The summed E-state index contributed by atoms with van der Waals surface area (Å²) in [4.78, 5) is 0. The van der Waals surface area contributed by atoms with E-state index in [2.05, 4.69) is 70.7 Å². The quantitative estimate of drug-likeness (QED) is 0.471. The van der Waals surface area contributed by atoms with Crippen molar-refractivity contribution in [2.24, 2.45) is 5.92 Å². The Morgan fingerprint density at radius 3 is 2.37 bits per heavy atom. The molecule has 0 radical (unpaired) electrons. The molecule has 0 aromatic heterocycles. The molecule has 1 unspecified atom stereocenters. The van der Waals surface area contributed by atoms with Gasteiger partial charge in [0.1, 0.15) is 5.75 Å². The van der Waals surface area contributed by atoms with E-state index in [-0.39, 0.29) is 5.41 Å². The van der Waals surface area contributed by atoms with Gasteiger partial charge in [0.25, 0.3) is 0 Å². The average molecular weight is 363 g/mol. The van der Waals surface area contributed by atoms with Crippen LogP contribution in [0.3, 0.4) is 0 Å². The minimum absolute atomic E-state index is 0.189. The molecule has 0 amide bonds. The smallest absolute Gasteiger partial charge is 0.126 e. The molecule has 1 heteroatoms. The molecule has 0 heterocycles. The van der Waals surface area contributed by atoms with Crippen molar-refractivity contribution in [3.63, 3.8) is 0 Å². The highest BCUT2D eigenvalue weighted by Crippen LogP contribution is 2.26. The third-order valence-corrected chi connectivity index (χ3v) is 4.89. The van der Waals surface area contributed by atoms with E-state index in [1.54, 1.807) is 0 Å². The molecule has 0 aliphatic heterocycles. The Bertz CT molecular complexity index is 760. The molecule has 144 valence electrons. The normalized spacial score (nSPS) is 12.9. The Labute approximate surface area is 165 Å². The fraction of sp³-hybridized carbons (Fsp3) is 0.385. The lowest BCUT2D eigenvalue weighted by Crippen LogP contribution is -2.11. The molecular formula is C26H34O. The average Bonchev–Trinajstić information content (AvgIpc) is 2.65. The molecule has 0 saturated carbocycles. The summed E-state index contributed by atoms with van der Waals surface area (Å²) in [6, 6.07) is 17.1. The van der Waals surface area contributed by atoms with E-state index >= 15 is 0 Å². The highest BCUT2D eigenvalue weighted by molar-refractivity contribution is 5.63. The Morgan fingerprint density at radius 2 is 1.74 bits per heavy atom. The van der Waals surface area contributed by atoms with Crippen molar-refractivity contribution in [1.29, 1.82) is 0 Å². The van der Waals surface area contributed by atoms with Gasteiger partial charge in [0, 0.05) is 5.56 Å². The molecule has 2 aromatic rings. The van der Waals surface area contributed by atoms with Crippen LogP contribution in [0.25, 0.3) is 11.6 Å². The first-order chi connectivity index (χ1) is 12.8. The molecular weight excluding hydrogens is 328 g/mol. The summed E-state index contributed by atoms with van der Waals surface area (Å²) in [5.41, 5.74) is 5.14. The minimum Gasteiger partial charge on any atom is -0.493 e. The van der Waals surface area contributed by atoms with Crippen LogP contribution in [0.4, 0.5) is 0 Å². The lowest BCUT2D eigenvalue weighted by Gasteiger charge is -2.19. The Hall–Kier alpha value is -2.28. The van der Waals surface area contributed by atoms with Gasteiger partial charge in [0.2, 0.25) is 0 Å². The summed E-state index contributed by atoms with van der Waals surface area (Å²) in [6.07, 6.45) is 6.20. The monoisotopic (exact) mass is 362 g/mol. The summed E-state index contributed by atoms with van der Waals surface area (Å²) in [7, 11) is 0. The van der Waals surface area contributed by atoms with E-state index in [1.807, 2.05) is 31.2 Å². The third-order valence-electron chi connectivity index (χ3n) is 4.89. The van der Waals surface area contributed by atoms with Crippen LogP contribution < -0.4 is 4.74 Å². The summed E-state index contributed by atoms with van der Waals surface area (Å²) in [5, 5.41) is 0. The van der Waals surface area contributed by atoms with Crippen LogP contribution in [0.5, 0.6) is 5.75 Å². The van der Waals surface area contributed by atoms with E-state index in [9.17, 15) is 0 Å². The Morgan fingerprint density at radius 1 is 1.07 bits per heavy atom. The molecule has 2 rings (SSSR count). The van der Waals surface area contributed by atoms with E-state index in [1.165, 1.54) is 16.7 Å². The van der Waals surface area contributed by atoms with E-state index in [4.69, 9.17) is 4.74 Å². The van der Waals surface area contributed by atoms with Gasteiger partial charge in [-0.2, -0.15) is 0 Å². The Kier molecular flexibility index (Phi) is 7.47. The number of ether oxygens (including phenoxy) is 1. The van der Waals surface area contributed by atoms with Gasteiger partial charge in [-0.25, -0.2) is 0 Å². The van der Waals surface area contributed by atoms with Crippen molar-refractivity contribution < 1.29 is 4.74 Å². The van der Waals surface area contributed by atoms with Crippen molar-refractivity contribution in [2.75, 3.05) is 6.61 Å². The number of hydrogen-bond donors (Lipinski definition) is 0. The molecule has 0 spiro atoms. The maximum atomic E-state index is 6.06. The van der Waals surface area contributed by atoms with Gasteiger partial charge in [0.15, 0.2) is 0 Å². The lowest BCUT2D eigenvalue weighted by molar-refractivity contribution is 0.253. The van der Waals surface area contributed by atoms with Gasteiger partial charge in [-0.3, -0.25) is 0 Å². The van der Waals surface area contributed by atoms with Crippen molar-refractivity contribution in [2.45, 2.75) is 52.9 Å². The second-order valence-electron chi connectivity index (χ2n) is 8.42. The minimum atomic E-state index is 0.189. The van der Waals surface area contributed by atoms with Gasteiger partial charge in [-0.1, -0.05) is 88.9 Å². The number of benzene rings is 2.